The van der Waals surface area contributed by atoms with Crippen molar-refractivity contribution in [2.45, 2.75) is 64.8 Å². The molecule has 1 saturated heterocycles. The van der Waals surface area contributed by atoms with Crippen molar-refractivity contribution < 1.29 is 37.8 Å². The summed E-state index contributed by atoms with van der Waals surface area (Å²) in [6.07, 6.45) is -2.33. The van der Waals surface area contributed by atoms with Crippen LogP contribution in [0.25, 0.3) is 0 Å². The van der Waals surface area contributed by atoms with Crippen LogP contribution >= 0.6 is 0 Å². The van der Waals surface area contributed by atoms with Gasteiger partial charge in [-0.3, -0.25) is 14.4 Å². The topological polar surface area (TPSA) is 119 Å². The van der Waals surface area contributed by atoms with E-state index in [1.54, 1.807) is 12.1 Å². The predicted molar refractivity (Wildman–Crippen MR) is 157 cm³/mol. The number of halogens is 3. The van der Waals surface area contributed by atoms with Gasteiger partial charge in [0.1, 0.15) is 17.6 Å². The Morgan fingerprint density at radius 1 is 1.02 bits per heavy atom. The lowest BCUT2D eigenvalue weighted by atomic mass is 9.81. The molecule has 1 fully saturated rings. The molecular weight excluding hydrogens is 575 g/mol. The van der Waals surface area contributed by atoms with E-state index in [1.165, 1.54) is 57.2 Å². The predicted octanol–water partition coefficient (Wildman–Crippen LogP) is 4.04. The van der Waals surface area contributed by atoms with Crippen molar-refractivity contribution in [3.8, 4) is 5.75 Å². The standard InChI is InChI=1S/C33H36F3N3O5/c1-19-9-5-6-11-22(19)17-37-30(43)28-32(3,4)33(35,36)18-39(28)31(44)27(41)25(16-21-10-7-12-23(34)15-21)38-29(42)24-13-8-14-26(40)20(24)2/h5-15,25,27-28,40-41H,16-18H2,1-4H3,(H,37,43)(H,38,42)/t25-,27-,28+/m0/s1. The monoisotopic (exact) mass is 611 g/mol. The summed E-state index contributed by atoms with van der Waals surface area (Å²) in [7, 11) is 0. The van der Waals surface area contributed by atoms with Gasteiger partial charge in [0, 0.05) is 17.7 Å². The average Bonchev–Trinajstić information content (AvgIpc) is 3.16. The molecule has 0 saturated carbocycles. The molecule has 3 amide bonds. The smallest absolute Gasteiger partial charge is 0.272 e. The Balaban J connectivity index is 1.64. The number of carbonyl (C=O) groups excluding carboxylic acids is 3. The number of nitrogens with zero attached hydrogens (tertiary/aromatic N) is 1. The lowest BCUT2D eigenvalue weighted by Gasteiger charge is -2.34. The number of aryl methyl sites for hydroxylation is 1. The summed E-state index contributed by atoms with van der Waals surface area (Å²) >= 11 is 0. The van der Waals surface area contributed by atoms with Crippen LogP contribution in [0.2, 0.25) is 0 Å². The fourth-order valence-electron chi connectivity index (χ4n) is 5.48. The Morgan fingerprint density at radius 3 is 2.39 bits per heavy atom. The second-order valence-corrected chi connectivity index (χ2v) is 11.7. The number of aromatic hydroxyl groups is 1. The Labute approximate surface area is 253 Å². The van der Waals surface area contributed by atoms with Gasteiger partial charge in [0.15, 0.2) is 6.10 Å². The number of amides is 3. The van der Waals surface area contributed by atoms with E-state index in [2.05, 4.69) is 10.6 Å². The third kappa shape index (κ3) is 6.57. The minimum absolute atomic E-state index is 0.0375. The number of likely N-dealkylation sites (tertiary alicyclic amines) is 1. The molecule has 0 unspecified atom stereocenters. The number of aliphatic hydroxyl groups is 1. The van der Waals surface area contributed by atoms with E-state index in [9.17, 15) is 29.0 Å². The molecule has 4 N–H and O–H groups in total. The second-order valence-electron chi connectivity index (χ2n) is 11.7. The number of hydrogen-bond acceptors (Lipinski definition) is 5. The third-order valence-corrected chi connectivity index (χ3v) is 8.40. The summed E-state index contributed by atoms with van der Waals surface area (Å²) in [4.78, 5) is 41.1. The van der Waals surface area contributed by atoms with Gasteiger partial charge in [-0.05, 0) is 61.2 Å². The number of alkyl halides is 2. The molecule has 4 rings (SSSR count). The van der Waals surface area contributed by atoms with Crippen LogP contribution in [0.5, 0.6) is 5.75 Å². The normalized spacial score (nSPS) is 18.4. The molecule has 234 valence electrons. The number of nitrogens with one attached hydrogen (secondary N) is 2. The minimum atomic E-state index is -3.49. The highest BCUT2D eigenvalue weighted by Crippen LogP contribution is 2.48. The molecule has 1 aliphatic heterocycles. The van der Waals surface area contributed by atoms with Crippen molar-refractivity contribution in [2.24, 2.45) is 5.41 Å². The summed E-state index contributed by atoms with van der Waals surface area (Å²) in [5, 5.41) is 26.6. The second kappa shape index (κ2) is 12.7. The zero-order valence-electron chi connectivity index (χ0n) is 24.9. The molecule has 3 aromatic rings. The molecule has 3 atom stereocenters. The van der Waals surface area contributed by atoms with Crippen LogP contribution in [0.15, 0.2) is 66.7 Å². The maximum absolute atomic E-state index is 15.3. The van der Waals surface area contributed by atoms with Gasteiger partial charge in [0.05, 0.1) is 18.0 Å². The number of hydrogen-bond donors (Lipinski definition) is 4. The molecule has 44 heavy (non-hydrogen) atoms. The summed E-state index contributed by atoms with van der Waals surface area (Å²) in [6, 6.07) is 13.7. The zero-order chi connectivity index (χ0) is 32.4. The first-order chi connectivity index (χ1) is 20.6. The van der Waals surface area contributed by atoms with Crippen LogP contribution in [-0.2, 0) is 22.6 Å². The van der Waals surface area contributed by atoms with Gasteiger partial charge in [0.2, 0.25) is 5.91 Å². The van der Waals surface area contributed by atoms with Crippen LogP contribution in [0, 0.1) is 25.1 Å². The Morgan fingerprint density at radius 2 is 1.70 bits per heavy atom. The Bertz CT molecular complexity index is 1560. The Kier molecular flexibility index (Phi) is 9.39. The van der Waals surface area contributed by atoms with Crippen LogP contribution in [0.4, 0.5) is 13.2 Å². The fraction of sp³-hybridized carbons (Fsp3) is 0.364. The first kappa shape index (κ1) is 32.5. The van der Waals surface area contributed by atoms with E-state index in [0.29, 0.717) is 10.5 Å². The number of phenolic OH excluding ortho intramolecular Hbond substituents is 1. The molecule has 3 aromatic carbocycles. The number of aliphatic hydroxyl groups excluding tert-OH is 1. The van der Waals surface area contributed by atoms with E-state index in [-0.39, 0.29) is 29.8 Å². The van der Waals surface area contributed by atoms with Crippen LogP contribution in [0.1, 0.15) is 46.5 Å². The zero-order valence-corrected chi connectivity index (χ0v) is 24.9. The van der Waals surface area contributed by atoms with Crippen molar-refractivity contribution in [2.75, 3.05) is 6.54 Å². The van der Waals surface area contributed by atoms with Crippen LogP contribution in [0.3, 0.4) is 0 Å². The molecule has 8 nitrogen and oxygen atoms in total. The van der Waals surface area contributed by atoms with E-state index in [1.807, 2.05) is 19.1 Å². The molecule has 1 heterocycles. The number of rotatable bonds is 9. The quantitative estimate of drug-likeness (QED) is 0.291. The number of benzene rings is 3. The largest absolute Gasteiger partial charge is 0.508 e. The molecule has 0 spiro atoms. The molecule has 0 radical (unpaired) electrons. The molecule has 0 aliphatic carbocycles. The number of phenols is 1. The van der Waals surface area contributed by atoms with E-state index < -0.39 is 59.6 Å². The minimum Gasteiger partial charge on any atom is -0.508 e. The van der Waals surface area contributed by atoms with Crippen molar-refractivity contribution >= 4 is 17.7 Å². The summed E-state index contributed by atoms with van der Waals surface area (Å²) < 4.78 is 44.7. The van der Waals surface area contributed by atoms with Gasteiger partial charge in [-0.25, -0.2) is 13.2 Å². The summed E-state index contributed by atoms with van der Waals surface area (Å²) in [5.41, 5.74) is 0.247. The van der Waals surface area contributed by atoms with Gasteiger partial charge in [0.25, 0.3) is 17.7 Å². The van der Waals surface area contributed by atoms with Crippen LogP contribution in [-0.4, -0.2) is 63.5 Å². The van der Waals surface area contributed by atoms with Gasteiger partial charge >= 0.3 is 0 Å². The summed E-state index contributed by atoms with van der Waals surface area (Å²) in [6.45, 7) is 4.61. The van der Waals surface area contributed by atoms with Crippen molar-refractivity contribution in [1.82, 2.24) is 15.5 Å². The summed E-state index contributed by atoms with van der Waals surface area (Å²) in [5.74, 6) is -7.02. The lowest BCUT2D eigenvalue weighted by molar-refractivity contribution is -0.148. The van der Waals surface area contributed by atoms with E-state index in [0.717, 1.165) is 17.2 Å². The van der Waals surface area contributed by atoms with Gasteiger partial charge in [-0.15, -0.1) is 0 Å². The molecule has 0 bridgehead atoms. The number of carbonyl (C=O) groups is 3. The molecule has 0 aromatic heterocycles. The van der Waals surface area contributed by atoms with Gasteiger partial charge in [-0.2, -0.15) is 0 Å². The maximum atomic E-state index is 15.3. The lowest BCUT2D eigenvalue weighted by Crippen LogP contribution is -2.57. The highest BCUT2D eigenvalue weighted by atomic mass is 19.3. The Hall–Kier alpha value is -4.38. The van der Waals surface area contributed by atoms with E-state index >= 15 is 8.78 Å². The highest BCUT2D eigenvalue weighted by molar-refractivity contribution is 5.97. The van der Waals surface area contributed by atoms with Gasteiger partial charge < -0.3 is 25.7 Å². The van der Waals surface area contributed by atoms with Crippen molar-refractivity contribution in [3.05, 3.63) is 100 Å². The highest BCUT2D eigenvalue weighted by Gasteiger charge is 2.64. The first-order valence-corrected chi connectivity index (χ1v) is 14.2. The van der Waals surface area contributed by atoms with Crippen molar-refractivity contribution in [3.63, 3.8) is 0 Å². The van der Waals surface area contributed by atoms with E-state index in [4.69, 9.17) is 0 Å². The van der Waals surface area contributed by atoms with Crippen LogP contribution < -0.4 is 10.6 Å². The SMILES string of the molecule is Cc1ccccc1CNC(=O)[C@H]1N(C(=O)[C@@H](O)[C@H](Cc2cccc(F)c2)NC(=O)c2cccc(O)c2C)CC(F)(F)C1(C)C. The molecule has 11 heteroatoms. The third-order valence-electron chi connectivity index (χ3n) is 8.40. The fourth-order valence-corrected chi connectivity index (χ4v) is 5.48. The first-order valence-electron chi connectivity index (χ1n) is 14.2. The maximum Gasteiger partial charge on any atom is 0.272 e. The van der Waals surface area contributed by atoms with Gasteiger partial charge in [-0.1, -0.05) is 56.3 Å². The molecular formula is C33H36F3N3O5. The average molecular weight is 612 g/mol. The van der Waals surface area contributed by atoms with Crippen molar-refractivity contribution in [1.29, 1.82) is 0 Å². The molecule has 1 aliphatic rings.